The van der Waals surface area contributed by atoms with E-state index in [1.54, 1.807) is 12.1 Å². The molecule has 21 heavy (non-hydrogen) atoms. The van der Waals surface area contributed by atoms with E-state index in [1.807, 2.05) is 0 Å². The molecule has 2 rings (SSSR count). The van der Waals surface area contributed by atoms with Gasteiger partial charge in [0.15, 0.2) is 0 Å². The van der Waals surface area contributed by atoms with Gasteiger partial charge in [0.05, 0.1) is 19.8 Å². The average molecular weight is 319 g/mol. The number of ether oxygens (including phenoxy) is 2. The lowest BCUT2D eigenvalue weighted by Crippen LogP contribution is -2.51. The molecule has 1 fully saturated rings. The van der Waals surface area contributed by atoms with Crippen molar-refractivity contribution >= 4 is 18.3 Å². The van der Waals surface area contributed by atoms with Crippen LogP contribution in [-0.2, 0) is 9.53 Å². The van der Waals surface area contributed by atoms with E-state index in [0.717, 1.165) is 0 Å². The van der Waals surface area contributed by atoms with Crippen molar-refractivity contribution < 1.29 is 18.7 Å². The van der Waals surface area contributed by atoms with Gasteiger partial charge in [-0.15, -0.1) is 12.4 Å². The largest absolute Gasteiger partial charge is 0.494 e. The van der Waals surface area contributed by atoms with Crippen LogP contribution in [0.5, 0.6) is 5.75 Å². The number of halogens is 2. The van der Waals surface area contributed by atoms with Crippen molar-refractivity contribution in [3.63, 3.8) is 0 Å². The second kappa shape index (κ2) is 9.55. The Morgan fingerprint density at radius 2 is 2.19 bits per heavy atom. The first kappa shape index (κ1) is 17.7. The normalized spacial score (nSPS) is 17.7. The Bertz CT molecular complexity index is 425. The fourth-order valence-corrected chi connectivity index (χ4v) is 1.86. The maximum absolute atomic E-state index is 12.7. The summed E-state index contributed by atoms with van der Waals surface area (Å²) >= 11 is 0. The lowest BCUT2D eigenvalue weighted by molar-refractivity contribution is -0.125. The Labute approximate surface area is 129 Å². The molecule has 0 aromatic heterocycles. The molecule has 0 saturated carbocycles. The Hall–Kier alpha value is -1.37. The number of carbonyl (C=O) groups is 1. The molecule has 0 aliphatic carbocycles. The van der Waals surface area contributed by atoms with Crippen LogP contribution >= 0.6 is 12.4 Å². The molecule has 1 aromatic rings. The van der Waals surface area contributed by atoms with Crippen LogP contribution in [0.15, 0.2) is 24.3 Å². The number of amides is 1. The molecule has 7 heteroatoms. The number of morpholine rings is 1. The Kier molecular flexibility index (Phi) is 8.04. The minimum Gasteiger partial charge on any atom is -0.494 e. The van der Waals surface area contributed by atoms with Crippen LogP contribution in [0.2, 0.25) is 0 Å². The van der Waals surface area contributed by atoms with Gasteiger partial charge in [0, 0.05) is 13.1 Å². The molecule has 1 aliphatic heterocycles. The monoisotopic (exact) mass is 318 g/mol. The minimum atomic E-state index is -0.285. The highest BCUT2D eigenvalue weighted by Crippen LogP contribution is 2.10. The van der Waals surface area contributed by atoms with Crippen molar-refractivity contribution in [2.24, 2.45) is 0 Å². The van der Waals surface area contributed by atoms with E-state index < -0.39 is 0 Å². The van der Waals surface area contributed by atoms with Crippen molar-refractivity contribution in [2.45, 2.75) is 12.5 Å². The summed E-state index contributed by atoms with van der Waals surface area (Å²) < 4.78 is 23.3. The van der Waals surface area contributed by atoms with Gasteiger partial charge in [0.25, 0.3) is 0 Å². The van der Waals surface area contributed by atoms with E-state index in [0.29, 0.717) is 45.1 Å². The molecule has 0 bridgehead atoms. The predicted octanol–water partition coefficient (Wildman–Crippen LogP) is 1.12. The summed E-state index contributed by atoms with van der Waals surface area (Å²) in [5.74, 6) is 0.290. The number of benzene rings is 1. The molecule has 1 atom stereocenters. The minimum absolute atomic E-state index is 0. The molecular weight excluding hydrogens is 299 g/mol. The van der Waals surface area contributed by atoms with Crippen molar-refractivity contribution in [2.75, 3.05) is 32.9 Å². The Morgan fingerprint density at radius 1 is 1.43 bits per heavy atom. The molecule has 1 unspecified atom stereocenters. The molecule has 2 N–H and O–H groups in total. The van der Waals surface area contributed by atoms with Crippen LogP contribution < -0.4 is 15.4 Å². The number of nitrogens with one attached hydrogen (secondary N) is 2. The lowest BCUT2D eigenvalue weighted by atomic mass is 10.2. The zero-order chi connectivity index (χ0) is 14.2. The van der Waals surface area contributed by atoms with Gasteiger partial charge in [-0.05, 0) is 30.7 Å². The number of hydrogen-bond acceptors (Lipinski definition) is 4. The molecule has 1 saturated heterocycles. The second-order valence-electron chi connectivity index (χ2n) is 4.53. The quantitative estimate of drug-likeness (QED) is 0.772. The van der Waals surface area contributed by atoms with E-state index in [9.17, 15) is 9.18 Å². The summed E-state index contributed by atoms with van der Waals surface area (Å²) in [7, 11) is 0. The summed E-state index contributed by atoms with van der Waals surface area (Å²) in [5, 5.41) is 5.91. The van der Waals surface area contributed by atoms with Gasteiger partial charge in [-0.2, -0.15) is 0 Å². The zero-order valence-electron chi connectivity index (χ0n) is 11.6. The molecule has 1 heterocycles. The molecule has 1 aliphatic rings. The van der Waals surface area contributed by atoms with Crippen LogP contribution in [0, 0.1) is 5.82 Å². The molecule has 118 valence electrons. The molecule has 1 amide bonds. The smallest absolute Gasteiger partial charge is 0.239 e. The van der Waals surface area contributed by atoms with E-state index >= 15 is 0 Å². The van der Waals surface area contributed by atoms with Crippen molar-refractivity contribution in [1.82, 2.24) is 10.6 Å². The zero-order valence-corrected chi connectivity index (χ0v) is 12.5. The molecule has 1 aromatic carbocycles. The van der Waals surface area contributed by atoms with Crippen molar-refractivity contribution in [1.29, 1.82) is 0 Å². The number of hydrogen-bond donors (Lipinski definition) is 2. The summed E-state index contributed by atoms with van der Waals surface area (Å²) in [4.78, 5) is 11.7. The van der Waals surface area contributed by atoms with E-state index in [2.05, 4.69) is 10.6 Å². The van der Waals surface area contributed by atoms with Crippen molar-refractivity contribution in [3.05, 3.63) is 30.1 Å². The highest BCUT2D eigenvalue weighted by Gasteiger charge is 2.20. The van der Waals surface area contributed by atoms with Gasteiger partial charge in [-0.1, -0.05) is 0 Å². The first-order valence-corrected chi connectivity index (χ1v) is 6.73. The van der Waals surface area contributed by atoms with Gasteiger partial charge < -0.3 is 20.1 Å². The van der Waals surface area contributed by atoms with E-state index in [1.165, 1.54) is 12.1 Å². The Morgan fingerprint density at radius 3 is 2.86 bits per heavy atom. The van der Waals surface area contributed by atoms with Crippen LogP contribution in [-0.4, -0.2) is 44.9 Å². The third-order valence-corrected chi connectivity index (χ3v) is 2.94. The van der Waals surface area contributed by atoms with Gasteiger partial charge in [-0.25, -0.2) is 4.39 Å². The van der Waals surface area contributed by atoms with Gasteiger partial charge in [0.2, 0.25) is 5.91 Å². The maximum Gasteiger partial charge on any atom is 0.239 e. The number of carbonyl (C=O) groups excluding carboxylic acids is 1. The standard InChI is InChI=1S/C14H19FN2O3.ClH/c15-11-2-4-12(5-3-11)20-8-1-6-17-14(18)13-10-19-9-7-16-13;/h2-5,13,16H,1,6-10H2,(H,17,18);1H. The number of rotatable bonds is 6. The van der Waals surface area contributed by atoms with Gasteiger partial charge in [0.1, 0.15) is 17.6 Å². The summed E-state index contributed by atoms with van der Waals surface area (Å²) in [6.07, 6.45) is 0.691. The van der Waals surface area contributed by atoms with Crippen LogP contribution in [0.3, 0.4) is 0 Å². The third-order valence-electron chi connectivity index (χ3n) is 2.94. The van der Waals surface area contributed by atoms with Crippen LogP contribution in [0.4, 0.5) is 4.39 Å². The summed E-state index contributed by atoms with van der Waals surface area (Å²) in [5.41, 5.74) is 0. The second-order valence-corrected chi connectivity index (χ2v) is 4.53. The highest BCUT2D eigenvalue weighted by atomic mass is 35.5. The summed E-state index contributed by atoms with van der Waals surface area (Å²) in [6, 6.07) is 5.60. The third kappa shape index (κ3) is 6.29. The lowest BCUT2D eigenvalue weighted by Gasteiger charge is -2.22. The van der Waals surface area contributed by atoms with Crippen LogP contribution in [0.25, 0.3) is 0 Å². The first-order valence-electron chi connectivity index (χ1n) is 6.73. The molecule has 0 radical (unpaired) electrons. The molecular formula is C14H20ClFN2O3. The van der Waals surface area contributed by atoms with E-state index in [4.69, 9.17) is 9.47 Å². The van der Waals surface area contributed by atoms with Gasteiger partial charge >= 0.3 is 0 Å². The predicted molar refractivity (Wildman–Crippen MR) is 79.4 cm³/mol. The van der Waals surface area contributed by atoms with Crippen molar-refractivity contribution in [3.8, 4) is 5.75 Å². The van der Waals surface area contributed by atoms with E-state index in [-0.39, 0.29) is 30.2 Å². The molecule has 5 nitrogen and oxygen atoms in total. The molecule has 0 spiro atoms. The highest BCUT2D eigenvalue weighted by molar-refractivity contribution is 5.85. The fraction of sp³-hybridized carbons (Fsp3) is 0.500. The SMILES string of the molecule is Cl.O=C(NCCCOc1ccc(F)cc1)C1COCCN1. The summed E-state index contributed by atoms with van der Waals surface area (Å²) in [6.45, 7) is 2.78. The Balaban J connectivity index is 0.00000220. The topological polar surface area (TPSA) is 59.6 Å². The maximum atomic E-state index is 12.7. The average Bonchev–Trinajstić information content (AvgIpc) is 2.49. The van der Waals surface area contributed by atoms with Gasteiger partial charge in [-0.3, -0.25) is 4.79 Å². The first-order chi connectivity index (χ1) is 9.75. The van der Waals surface area contributed by atoms with Crippen LogP contribution in [0.1, 0.15) is 6.42 Å². The fourth-order valence-electron chi connectivity index (χ4n) is 1.86.